The van der Waals surface area contributed by atoms with Gasteiger partial charge >= 0.3 is 0 Å². The lowest BCUT2D eigenvalue weighted by molar-refractivity contribution is -0.117. The van der Waals surface area contributed by atoms with Crippen LogP contribution < -0.4 is 10.8 Å². The van der Waals surface area contributed by atoms with Crippen LogP contribution in [0.4, 0.5) is 14.7 Å². The fraction of sp³-hybridized carbons (Fsp3) is 0.294. The van der Waals surface area contributed by atoms with Gasteiger partial charge < -0.3 is 4.90 Å². The number of carbonyl (C=O) groups excluding carboxylic acids is 2. The molecule has 2 amide bonds. The fourth-order valence-corrected chi connectivity index (χ4v) is 3.37. The zero-order valence-corrected chi connectivity index (χ0v) is 13.6. The van der Waals surface area contributed by atoms with E-state index in [0.717, 1.165) is 12.4 Å². The number of amides is 2. The second kappa shape index (κ2) is 5.86. The van der Waals surface area contributed by atoms with Crippen LogP contribution in [0.15, 0.2) is 30.6 Å². The highest BCUT2D eigenvalue weighted by Crippen LogP contribution is 2.54. The van der Waals surface area contributed by atoms with Gasteiger partial charge in [0.1, 0.15) is 20.6 Å². The molecule has 2 aromatic rings. The summed E-state index contributed by atoms with van der Waals surface area (Å²) in [6.07, 6.45) is 1.04. The number of halogens is 2. The first-order valence-corrected chi connectivity index (χ1v) is 8.00. The Morgan fingerprint density at radius 3 is 2.77 bits per heavy atom. The van der Waals surface area contributed by atoms with Crippen molar-refractivity contribution in [2.75, 3.05) is 18.4 Å². The highest BCUT2D eigenvalue weighted by Gasteiger charge is 2.61. The number of aromatic nitrogens is 2. The summed E-state index contributed by atoms with van der Waals surface area (Å²) in [4.78, 5) is 33.5. The number of hydrogen-bond donors (Lipinski definition) is 1. The van der Waals surface area contributed by atoms with Crippen LogP contribution in [0, 0.1) is 5.82 Å². The molecule has 2 heterocycles. The third-order valence-electron chi connectivity index (χ3n) is 4.76. The first-order valence-electron chi connectivity index (χ1n) is 8.00. The van der Waals surface area contributed by atoms with Crippen molar-refractivity contribution in [2.45, 2.75) is 18.0 Å². The average Bonchev–Trinajstić information content (AvgIpc) is 3.25. The number of alkyl halides is 1. The van der Waals surface area contributed by atoms with Crippen LogP contribution in [0.25, 0.3) is 0 Å². The van der Waals surface area contributed by atoms with Gasteiger partial charge in [-0.2, -0.15) is 0 Å². The van der Waals surface area contributed by atoms with Crippen molar-refractivity contribution < 1.29 is 19.8 Å². The Balaban J connectivity index is 0.00000210. The predicted octanol–water partition coefficient (Wildman–Crippen LogP) is 0.730. The summed E-state index contributed by atoms with van der Waals surface area (Å²) >= 11 is 0. The number of nitrogens with one attached hydrogen (secondary N) is 1. The third kappa shape index (κ3) is 2.73. The van der Waals surface area contributed by atoms with E-state index in [9.17, 15) is 18.4 Å². The Morgan fingerprint density at radius 2 is 2.12 bits per heavy atom. The van der Waals surface area contributed by atoms with Crippen molar-refractivity contribution in [3.8, 4) is 0 Å². The second-order valence-corrected chi connectivity index (χ2v) is 6.57. The number of hydrogen-bond acceptors (Lipinski definition) is 4. The molecule has 1 aromatic carbocycles. The summed E-state index contributed by atoms with van der Waals surface area (Å²) in [5.74, 6) is -1.61. The van der Waals surface area contributed by atoms with Gasteiger partial charge in [0.05, 0.1) is 12.4 Å². The molecular formula is C17H15BF2N4O2. The van der Waals surface area contributed by atoms with E-state index in [4.69, 9.17) is 7.85 Å². The molecule has 1 saturated carbocycles. The molecule has 0 saturated heterocycles. The summed E-state index contributed by atoms with van der Waals surface area (Å²) in [5.41, 5.74) is 0.630. The number of anilines is 1. The van der Waals surface area contributed by atoms with Gasteiger partial charge in [-0.1, -0.05) is 17.6 Å². The first-order chi connectivity index (χ1) is 12.4. The summed E-state index contributed by atoms with van der Waals surface area (Å²) < 4.78 is 27.0. The smallest absolute Gasteiger partial charge is 0.254 e. The van der Waals surface area contributed by atoms with Gasteiger partial charge in [-0.25, -0.2) is 18.7 Å². The Morgan fingerprint density at radius 1 is 1.42 bits per heavy atom. The Bertz CT molecular complexity index is 914. The van der Waals surface area contributed by atoms with E-state index in [2.05, 4.69) is 15.3 Å². The highest BCUT2D eigenvalue weighted by molar-refractivity contribution is 6.32. The maximum atomic E-state index is 14.2. The van der Waals surface area contributed by atoms with Gasteiger partial charge in [0.15, 0.2) is 5.82 Å². The first kappa shape index (κ1) is 16.6. The Kier molecular flexibility index (Phi) is 3.75. The quantitative estimate of drug-likeness (QED) is 0.823. The lowest BCUT2D eigenvalue weighted by atomic mass is 9.82. The van der Waals surface area contributed by atoms with Crippen molar-refractivity contribution in [1.82, 2.24) is 14.9 Å². The van der Waals surface area contributed by atoms with E-state index >= 15 is 0 Å². The standard InChI is InChI=1S/C17H13BF2N4O2.H2/c18-9-1-2-11-12(3-9)17(4-13(17)20)8-24(15(11)26)7-14(25)23-16-21-5-10(19)6-22-16;/h1-3,5-6,13H,4,7-8H2,(H,21,22,23,25);1H/t13-,17-;/m1./s1. The molecule has 1 fully saturated rings. The maximum absolute atomic E-state index is 14.2. The molecule has 0 bridgehead atoms. The summed E-state index contributed by atoms with van der Waals surface area (Å²) in [6.45, 7) is -0.182. The van der Waals surface area contributed by atoms with Crippen LogP contribution in [-0.4, -0.2) is 53.8 Å². The van der Waals surface area contributed by atoms with Crippen LogP contribution in [-0.2, 0) is 10.2 Å². The summed E-state index contributed by atoms with van der Waals surface area (Å²) in [6, 6.07) is 4.78. The van der Waals surface area contributed by atoms with Crippen LogP contribution in [0.3, 0.4) is 0 Å². The molecule has 4 rings (SSSR count). The number of rotatable bonds is 3. The molecule has 0 unspecified atom stereocenters. The van der Waals surface area contributed by atoms with Crippen molar-refractivity contribution in [3.05, 3.63) is 47.5 Å². The van der Waals surface area contributed by atoms with Crippen LogP contribution in [0.2, 0.25) is 0 Å². The molecule has 9 heteroatoms. The molecule has 1 aromatic heterocycles. The largest absolute Gasteiger partial charge is 0.328 e. The van der Waals surface area contributed by atoms with E-state index in [0.29, 0.717) is 16.6 Å². The third-order valence-corrected chi connectivity index (χ3v) is 4.76. The molecule has 2 atom stereocenters. The van der Waals surface area contributed by atoms with Gasteiger partial charge in [0, 0.05) is 18.9 Å². The molecule has 26 heavy (non-hydrogen) atoms. The highest BCUT2D eigenvalue weighted by atomic mass is 19.1. The van der Waals surface area contributed by atoms with Gasteiger partial charge in [-0.3, -0.25) is 14.9 Å². The minimum Gasteiger partial charge on any atom is -0.328 e. The van der Waals surface area contributed by atoms with Gasteiger partial charge in [0.2, 0.25) is 11.9 Å². The predicted molar refractivity (Wildman–Crippen MR) is 91.7 cm³/mol. The van der Waals surface area contributed by atoms with E-state index in [1.807, 2.05) is 0 Å². The average molecular weight is 356 g/mol. The molecule has 1 N–H and O–H groups in total. The van der Waals surface area contributed by atoms with Crippen molar-refractivity contribution >= 4 is 31.1 Å². The van der Waals surface area contributed by atoms with Crippen molar-refractivity contribution in [2.24, 2.45) is 0 Å². The summed E-state index contributed by atoms with van der Waals surface area (Å²) in [7, 11) is 5.78. The van der Waals surface area contributed by atoms with Gasteiger partial charge in [0.25, 0.3) is 5.91 Å². The van der Waals surface area contributed by atoms with Crippen molar-refractivity contribution in [1.29, 1.82) is 0 Å². The molecule has 1 spiro atoms. The van der Waals surface area contributed by atoms with E-state index < -0.39 is 23.3 Å². The number of fused-ring (bicyclic) bond motifs is 2. The zero-order chi connectivity index (χ0) is 18.5. The van der Waals surface area contributed by atoms with E-state index in [1.54, 1.807) is 18.2 Å². The second-order valence-electron chi connectivity index (χ2n) is 6.57. The molecule has 1 aliphatic heterocycles. The lowest BCUT2D eigenvalue weighted by Gasteiger charge is -2.34. The van der Waals surface area contributed by atoms with E-state index in [1.165, 1.54) is 4.90 Å². The Labute approximate surface area is 150 Å². The van der Waals surface area contributed by atoms with Crippen LogP contribution in [0.5, 0.6) is 0 Å². The van der Waals surface area contributed by atoms with E-state index in [-0.39, 0.29) is 32.8 Å². The van der Waals surface area contributed by atoms with Crippen LogP contribution in [0.1, 0.15) is 23.8 Å². The Hall–Kier alpha value is -2.84. The van der Waals surface area contributed by atoms with Crippen molar-refractivity contribution in [3.63, 3.8) is 0 Å². The topological polar surface area (TPSA) is 75.2 Å². The molecule has 2 radical (unpaired) electrons. The van der Waals surface area contributed by atoms with Gasteiger partial charge in [-0.05, 0) is 18.1 Å². The SMILES string of the molecule is [B]c1ccc2c(c1)[C@@]1(C[C@H]1F)CN(CC(=O)Nc1ncc(F)cn1)C2=O.[HH]. The minimum atomic E-state index is -1.08. The van der Waals surface area contributed by atoms with Crippen LogP contribution >= 0.6 is 0 Å². The number of carbonyl (C=O) groups is 2. The lowest BCUT2D eigenvalue weighted by Crippen LogP contribution is -2.48. The maximum Gasteiger partial charge on any atom is 0.254 e. The molecule has 2 aliphatic rings. The zero-order valence-electron chi connectivity index (χ0n) is 13.6. The number of nitrogens with zero attached hydrogens (tertiary/aromatic N) is 3. The molecule has 132 valence electrons. The minimum absolute atomic E-state index is 0. The fourth-order valence-electron chi connectivity index (χ4n) is 3.37. The summed E-state index contributed by atoms with van der Waals surface area (Å²) in [5, 5.41) is 2.39. The molecule has 6 nitrogen and oxygen atoms in total. The molecule has 1 aliphatic carbocycles. The normalized spacial score (nSPS) is 23.7. The monoisotopic (exact) mass is 356 g/mol. The number of benzene rings is 1. The molecular weight excluding hydrogens is 341 g/mol. The van der Waals surface area contributed by atoms with Gasteiger partial charge in [-0.15, -0.1) is 0 Å².